The second kappa shape index (κ2) is 12.3. The Hall–Kier alpha value is -5.98. The molecule has 9 aromatic rings. The van der Waals surface area contributed by atoms with Crippen LogP contribution in [-0.2, 0) is 11.8 Å². The van der Waals surface area contributed by atoms with Crippen LogP contribution in [-0.4, -0.2) is 0 Å². The Labute approximate surface area is 312 Å². The SMILES string of the molecule is CCc1ccc(-c2c3ccccc3c(-c3c4ccccc4c(-c4ccc5c(c4)C(CC)(CC)c4ccccc4-5)c4ccccc34)c3ccccc23)cc1. The average molecular weight is 679 g/mol. The van der Waals surface area contributed by atoms with Crippen molar-refractivity contribution >= 4 is 43.1 Å². The molecule has 10 rings (SSSR count). The van der Waals surface area contributed by atoms with Gasteiger partial charge < -0.3 is 0 Å². The maximum atomic E-state index is 2.54. The molecule has 0 bridgehead atoms. The number of hydrogen-bond acceptors (Lipinski definition) is 0. The molecule has 0 heteroatoms. The molecule has 0 saturated carbocycles. The summed E-state index contributed by atoms with van der Waals surface area (Å²) < 4.78 is 0. The minimum atomic E-state index is 0.0178. The van der Waals surface area contributed by atoms with Crippen LogP contribution in [0.1, 0.15) is 50.3 Å². The molecule has 1 aliphatic carbocycles. The Kier molecular flexibility index (Phi) is 7.37. The van der Waals surface area contributed by atoms with Crippen molar-refractivity contribution in [1.82, 2.24) is 0 Å². The molecule has 0 nitrogen and oxygen atoms in total. The fourth-order valence-corrected chi connectivity index (χ4v) is 9.95. The van der Waals surface area contributed by atoms with Gasteiger partial charge in [-0.3, -0.25) is 0 Å². The van der Waals surface area contributed by atoms with Crippen LogP contribution in [0.25, 0.3) is 87.6 Å². The summed E-state index contributed by atoms with van der Waals surface area (Å²) in [4.78, 5) is 0. The summed E-state index contributed by atoms with van der Waals surface area (Å²) in [6.07, 6.45) is 3.20. The molecule has 0 radical (unpaired) electrons. The van der Waals surface area contributed by atoms with E-state index < -0.39 is 0 Å². The van der Waals surface area contributed by atoms with Crippen LogP contribution >= 0.6 is 0 Å². The molecule has 0 spiro atoms. The summed E-state index contributed by atoms with van der Waals surface area (Å²) in [6.45, 7) is 6.95. The lowest BCUT2D eigenvalue weighted by atomic mass is 9.73. The standard InChI is InChI=1S/C53H42/c1-4-34-27-29-35(30-28-34)49-39-18-7-11-22-43(39)51(44-23-12-8-19-40(44)49)52-45-24-13-9-20-41(45)50(42-21-10-14-25-46(42)52)36-31-32-38-37-17-15-16-26-47(37)53(5-2,6-3)48(38)33-36/h7-33H,4-6H2,1-3H3. The van der Waals surface area contributed by atoms with Crippen LogP contribution in [0.2, 0.25) is 0 Å². The maximum Gasteiger partial charge on any atom is 0.0210 e. The van der Waals surface area contributed by atoms with E-state index in [1.807, 2.05) is 0 Å². The van der Waals surface area contributed by atoms with E-state index in [2.05, 4.69) is 185 Å². The lowest BCUT2D eigenvalue weighted by molar-refractivity contribution is 0.490. The topological polar surface area (TPSA) is 0 Å². The van der Waals surface area contributed by atoms with Gasteiger partial charge in [-0.1, -0.05) is 178 Å². The van der Waals surface area contributed by atoms with Gasteiger partial charge in [-0.25, -0.2) is 0 Å². The van der Waals surface area contributed by atoms with Gasteiger partial charge in [0, 0.05) is 5.41 Å². The molecule has 0 N–H and O–H groups in total. The quantitative estimate of drug-likeness (QED) is 0.154. The van der Waals surface area contributed by atoms with Crippen LogP contribution in [0.4, 0.5) is 0 Å². The van der Waals surface area contributed by atoms with Crippen LogP contribution in [0.5, 0.6) is 0 Å². The highest BCUT2D eigenvalue weighted by molar-refractivity contribution is 6.30. The highest BCUT2D eigenvalue weighted by Gasteiger charge is 2.40. The molecule has 0 saturated heterocycles. The van der Waals surface area contributed by atoms with E-state index in [1.54, 1.807) is 0 Å². The Morgan fingerprint density at radius 3 is 1.17 bits per heavy atom. The van der Waals surface area contributed by atoms with E-state index in [1.165, 1.54) is 104 Å². The lowest BCUT2D eigenvalue weighted by Crippen LogP contribution is -2.23. The average Bonchev–Trinajstić information content (AvgIpc) is 3.51. The predicted molar refractivity (Wildman–Crippen MR) is 229 cm³/mol. The first kappa shape index (κ1) is 31.7. The predicted octanol–water partition coefficient (Wildman–Crippen LogP) is 14.9. The third-order valence-corrected chi connectivity index (χ3v) is 12.5. The third-order valence-electron chi connectivity index (χ3n) is 12.5. The number of rotatable bonds is 6. The molecule has 0 unspecified atom stereocenters. The highest BCUT2D eigenvalue weighted by Crippen LogP contribution is 2.55. The Morgan fingerprint density at radius 1 is 0.340 bits per heavy atom. The zero-order valence-electron chi connectivity index (χ0n) is 30.7. The molecule has 254 valence electrons. The van der Waals surface area contributed by atoms with E-state index in [-0.39, 0.29) is 5.41 Å². The van der Waals surface area contributed by atoms with E-state index in [0.717, 1.165) is 19.3 Å². The molecule has 53 heavy (non-hydrogen) atoms. The van der Waals surface area contributed by atoms with Crippen molar-refractivity contribution in [2.24, 2.45) is 0 Å². The van der Waals surface area contributed by atoms with Gasteiger partial charge in [-0.2, -0.15) is 0 Å². The van der Waals surface area contributed by atoms with Gasteiger partial charge in [0.05, 0.1) is 0 Å². The van der Waals surface area contributed by atoms with Crippen molar-refractivity contribution in [3.8, 4) is 44.5 Å². The van der Waals surface area contributed by atoms with Crippen molar-refractivity contribution in [2.45, 2.75) is 45.4 Å². The lowest BCUT2D eigenvalue weighted by Gasteiger charge is -2.30. The molecule has 0 amide bonds. The Bertz CT molecular complexity index is 2770. The van der Waals surface area contributed by atoms with Crippen molar-refractivity contribution in [3.05, 3.63) is 180 Å². The van der Waals surface area contributed by atoms with Gasteiger partial charge in [0.2, 0.25) is 0 Å². The molecular weight excluding hydrogens is 637 g/mol. The van der Waals surface area contributed by atoms with Crippen LogP contribution in [0.15, 0.2) is 164 Å². The van der Waals surface area contributed by atoms with E-state index in [0.29, 0.717) is 0 Å². The van der Waals surface area contributed by atoms with E-state index in [4.69, 9.17) is 0 Å². The summed E-state index contributed by atoms with van der Waals surface area (Å²) in [6, 6.07) is 62.0. The zero-order chi connectivity index (χ0) is 35.7. The zero-order valence-corrected chi connectivity index (χ0v) is 30.7. The smallest absolute Gasteiger partial charge is 0.0210 e. The van der Waals surface area contributed by atoms with Crippen molar-refractivity contribution in [1.29, 1.82) is 0 Å². The van der Waals surface area contributed by atoms with Crippen molar-refractivity contribution in [2.75, 3.05) is 0 Å². The van der Waals surface area contributed by atoms with Gasteiger partial charge in [0.1, 0.15) is 0 Å². The molecule has 0 aromatic heterocycles. The second-order valence-electron chi connectivity index (χ2n) is 14.8. The first-order chi connectivity index (χ1) is 26.2. The molecular formula is C53H42. The Balaban J connectivity index is 1.30. The van der Waals surface area contributed by atoms with Crippen molar-refractivity contribution < 1.29 is 0 Å². The third kappa shape index (κ3) is 4.55. The fourth-order valence-electron chi connectivity index (χ4n) is 9.95. The summed E-state index contributed by atoms with van der Waals surface area (Å²) in [7, 11) is 0. The number of benzene rings is 9. The summed E-state index contributed by atoms with van der Waals surface area (Å²) in [5.41, 5.74) is 14.9. The number of fused-ring (bicyclic) bond motifs is 7. The monoisotopic (exact) mass is 678 g/mol. The van der Waals surface area contributed by atoms with Gasteiger partial charge in [0.15, 0.2) is 0 Å². The fraction of sp³-hybridized carbons (Fsp3) is 0.132. The van der Waals surface area contributed by atoms with Gasteiger partial charge in [-0.15, -0.1) is 0 Å². The van der Waals surface area contributed by atoms with Crippen LogP contribution in [0, 0.1) is 0 Å². The Morgan fingerprint density at radius 2 is 0.717 bits per heavy atom. The molecule has 1 aliphatic rings. The molecule has 0 heterocycles. The van der Waals surface area contributed by atoms with Gasteiger partial charge in [0.25, 0.3) is 0 Å². The first-order valence-electron chi connectivity index (χ1n) is 19.4. The van der Waals surface area contributed by atoms with Gasteiger partial charge >= 0.3 is 0 Å². The van der Waals surface area contributed by atoms with Gasteiger partial charge in [-0.05, 0) is 130 Å². The highest BCUT2D eigenvalue weighted by atomic mass is 14.4. The number of hydrogen-bond donors (Lipinski definition) is 0. The van der Waals surface area contributed by atoms with E-state index in [9.17, 15) is 0 Å². The molecule has 0 atom stereocenters. The normalized spacial score (nSPS) is 13.2. The van der Waals surface area contributed by atoms with Crippen molar-refractivity contribution in [3.63, 3.8) is 0 Å². The molecule has 0 aliphatic heterocycles. The minimum Gasteiger partial charge on any atom is -0.0642 e. The minimum absolute atomic E-state index is 0.0178. The first-order valence-corrected chi connectivity index (χ1v) is 19.4. The number of aryl methyl sites for hydroxylation is 1. The maximum absolute atomic E-state index is 2.54. The summed E-state index contributed by atoms with van der Waals surface area (Å²) >= 11 is 0. The second-order valence-corrected chi connectivity index (χ2v) is 14.8. The largest absolute Gasteiger partial charge is 0.0642 e. The van der Waals surface area contributed by atoms with Crippen LogP contribution in [0.3, 0.4) is 0 Å². The summed E-state index contributed by atoms with van der Waals surface area (Å²) in [5.74, 6) is 0. The summed E-state index contributed by atoms with van der Waals surface area (Å²) in [5, 5.41) is 10.3. The molecule has 0 fully saturated rings. The molecule has 9 aromatic carbocycles. The van der Waals surface area contributed by atoms with E-state index >= 15 is 0 Å². The van der Waals surface area contributed by atoms with Crippen LogP contribution < -0.4 is 0 Å².